The predicted octanol–water partition coefficient (Wildman–Crippen LogP) is 9.86. The normalized spacial score (nSPS) is 31.6. The third-order valence-electron chi connectivity index (χ3n) is 9.68. The van der Waals surface area contributed by atoms with E-state index in [4.69, 9.17) is 4.74 Å². The molecule has 190 valence electrons. The molecule has 0 saturated heterocycles. The number of hydrogen-bond donors (Lipinski definition) is 0. The lowest BCUT2D eigenvalue weighted by atomic mass is 9.60. The zero-order chi connectivity index (χ0) is 23.8. The van der Waals surface area contributed by atoms with Gasteiger partial charge in [-0.2, -0.15) is 0 Å². The minimum Gasteiger partial charge on any atom is -0.493 e. The second kappa shape index (κ2) is 13.1. The summed E-state index contributed by atoms with van der Waals surface area (Å²) in [7, 11) is 0. The number of halogens is 1. The lowest BCUT2D eigenvalue weighted by Crippen LogP contribution is -2.34. The molecular weight excluding hydrogens is 419 g/mol. The monoisotopic (exact) mass is 468 g/mol. The summed E-state index contributed by atoms with van der Waals surface area (Å²) in [4.78, 5) is 0. The van der Waals surface area contributed by atoms with Gasteiger partial charge >= 0.3 is 0 Å². The van der Waals surface area contributed by atoms with E-state index in [9.17, 15) is 4.39 Å². The fraction of sp³-hybridized carbons (Fsp3) is 0.750. The molecule has 3 fully saturated rings. The molecule has 4 atom stereocenters. The van der Waals surface area contributed by atoms with Gasteiger partial charge in [-0.25, -0.2) is 4.39 Å². The van der Waals surface area contributed by atoms with Crippen LogP contribution >= 0.6 is 0 Å². The number of unbranched alkanes of at least 4 members (excludes halogenated alkanes) is 3. The standard InChI is InChI=1S/C32H49FO/c1-3-5-7-8-9-24-10-12-25(13-11-24)26-14-15-28-22-29(17-16-27(28)21-26)31-19-18-30(23-32(31)33)34-20-6-4-2/h4,18-19,23-29H,2-3,5-17,20-22H2,1H3. The zero-order valence-electron chi connectivity index (χ0n) is 21.8. The Balaban J connectivity index is 1.22. The third kappa shape index (κ3) is 6.88. The lowest BCUT2D eigenvalue weighted by molar-refractivity contribution is 0.0706. The Kier molecular flexibility index (Phi) is 9.95. The zero-order valence-corrected chi connectivity index (χ0v) is 21.8. The van der Waals surface area contributed by atoms with Crippen molar-refractivity contribution < 1.29 is 9.13 Å². The van der Waals surface area contributed by atoms with E-state index >= 15 is 0 Å². The number of ether oxygens (including phenoxy) is 1. The predicted molar refractivity (Wildman–Crippen MR) is 142 cm³/mol. The Morgan fingerprint density at radius 1 is 0.882 bits per heavy atom. The Labute approximate surface area is 208 Å². The maximum atomic E-state index is 14.9. The second-order valence-corrected chi connectivity index (χ2v) is 11.8. The lowest BCUT2D eigenvalue weighted by Gasteiger charge is -2.45. The average Bonchev–Trinajstić information content (AvgIpc) is 2.87. The van der Waals surface area contributed by atoms with Gasteiger partial charge in [0, 0.05) is 6.07 Å². The van der Waals surface area contributed by atoms with Gasteiger partial charge in [0.05, 0.1) is 6.61 Å². The van der Waals surface area contributed by atoms with Crippen molar-refractivity contribution in [2.75, 3.05) is 6.61 Å². The van der Waals surface area contributed by atoms with E-state index in [1.54, 1.807) is 6.07 Å². The van der Waals surface area contributed by atoms with Crippen molar-refractivity contribution in [1.29, 1.82) is 0 Å². The van der Waals surface area contributed by atoms with E-state index in [0.717, 1.165) is 48.0 Å². The van der Waals surface area contributed by atoms with Crippen LogP contribution in [0.4, 0.5) is 4.39 Å². The molecule has 1 nitrogen and oxygen atoms in total. The molecule has 0 spiro atoms. The molecule has 34 heavy (non-hydrogen) atoms. The van der Waals surface area contributed by atoms with Crippen molar-refractivity contribution in [3.63, 3.8) is 0 Å². The van der Waals surface area contributed by atoms with Crippen molar-refractivity contribution in [2.45, 2.75) is 116 Å². The van der Waals surface area contributed by atoms with Gasteiger partial charge in [-0.05, 0) is 105 Å². The van der Waals surface area contributed by atoms with Crippen LogP contribution in [0.15, 0.2) is 30.9 Å². The fourth-order valence-corrected chi connectivity index (χ4v) is 7.63. The molecule has 0 aromatic heterocycles. The van der Waals surface area contributed by atoms with Crippen LogP contribution in [0.2, 0.25) is 0 Å². The highest BCUT2D eigenvalue weighted by molar-refractivity contribution is 5.31. The number of benzene rings is 1. The van der Waals surface area contributed by atoms with E-state index in [1.165, 1.54) is 89.9 Å². The molecule has 3 aliphatic carbocycles. The van der Waals surface area contributed by atoms with Crippen LogP contribution in [0.1, 0.15) is 121 Å². The van der Waals surface area contributed by atoms with Gasteiger partial charge in [0.1, 0.15) is 11.6 Å². The Morgan fingerprint density at radius 3 is 2.32 bits per heavy atom. The van der Waals surface area contributed by atoms with Crippen LogP contribution in [-0.4, -0.2) is 6.61 Å². The van der Waals surface area contributed by atoms with E-state index in [-0.39, 0.29) is 5.82 Å². The first-order valence-corrected chi connectivity index (χ1v) is 14.7. The number of fused-ring (bicyclic) bond motifs is 1. The molecule has 2 heteroatoms. The van der Waals surface area contributed by atoms with Gasteiger partial charge in [-0.15, -0.1) is 6.58 Å². The first-order chi connectivity index (χ1) is 16.7. The average molecular weight is 469 g/mol. The highest BCUT2D eigenvalue weighted by Crippen LogP contribution is 2.51. The SMILES string of the molecule is C=CCCOc1ccc(C2CCC3CC(C4CCC(CCCCCC)CC4)CCC3C2)c(F)c1. The summed E-state index contributed by atoms with van der Waals surface area (Å²) in [6.45, 7) is 6.59. The molecule has 3 saturated carbocycles. The Morgan fingerprint density at radius 2 is 1.59 bits per heavy atom. The molecule has 4 rings (SSSR count). The van der Waals surface area contributed by atoms with Gasteiger partial charge in [-0.1, -0.05) is 64.0 Å². The molecule has 0 aliphatic heterocycles. The fourth-order valence-electron chi connectivity index (χ4n) is 7.63. The van der Waals surface area contributed by atoms with Crippen molar-refractivity contribution in [3.05, 3.63) is 42.2 Å². The van der Waals surface area contributed by atoms with Gasteiger partial charge in [0.2, 0.25) is 0 Å². The van der Waals surface area contributed by atoms with Crippen LogP contribution in [0.25, 0.3) is 0 Å². The molecule has 3 aliphatic rings. The second-order valence-electron chi connectivity index (χ2n) is 11.8. The summed E-state index contributed by atoms with van der Waals surface area (Å²) in [5.74, 6) is 5.67. The summed E-state index contributed by atoms with van der Waals surface area (Å²) < 4.78 is 20.6. The first-order valence-electron chi connectivity index (χ1n) is 14.7. The van der Waals surface area contributed by atoms with Gasteiger partial charge < -0.3 is 4.74 Å². The smallest absolute Gasteiger partial charge is 0.130 e. The summed E-state index contributed by atoms with van der Waals surface area (Å²) >= 11 is 0. The molecular formula is C32H49FO. The van der Waals surface area contributed by atoms with Crippen LogP contribution in [-0.2, 0) is 0 Å². The van der Waals surface area contributed by atoms with Gasteiger partial charge in [0.15, 0.2) is 0 Å². The van der Waals surface area contributed by atoms with Crippen molar-refractivity contribution in [3.8, 4) is 5.75 Å². The summed E-state index contributed by atoms with van der Waals surface area (Å²) in [6, 6.07) is 5.56. The molecule has 0 bridgehead atoms. The molecule has 0 heterocycles. The highest BCUT2D eigenvalue weighted by atomic mass is 19.1. The number of rotatable bonds is 11. The maximum absolute atomic E-state index is 14.9. The Hall–Kier alpha value is -1.31. The molecule has 0 radical (unpaired) electrons. The summed E-state index contributed by atoms with van der Waals surface area (Å²) in [6.07, 6.45) is 23.7. The van der Waals surface area contributed by atoms with Gasteiger partial charge in [0.25, 0.3) is 0 Å². The van der Waals surface area contributed by atoms with E-state index in [2.05, 4.69) is 13.5 Å². The minimum atomic E-state index is -0.0697. The molecule has 0 amide bonds. The molecule has 1 aromatic rings. The molecule has 4 unspecified atom stereocenters. The maximum Gasteiger partial charge on any atom is 0.130 e. The van der Waals surface area contributed by atoms with Crippen LogP contribution in [0, 0.1) is 35.4 Å². The molecule has 1 aromatic carbocycles. The minimum absolute atomic E-state index is 0.0697. The van der Waals surface area contributed by atoms with E-state index < -0.39 is 0 Å². The summed E-state index contributed by atoms with van der Waals surface area (Å²) in [5, 5.41) is 0. The van der Waals surface area contributed by atoms with E-state index in [1.807, 2.05) is 18.2 Å². The van der Waals surface area contributed by atoms with Crippen molar-refractivity contribution >= 4 is 0 Å². The third-order valence-corrected chi connectivity index (χ3v) is 9.68. The van der Waals surface area contributed by atoms with E-state index in [0.29, 0.717) is 18.3 Å². The van der Waals surface area contributed by atoms with Crippen LogP contribution in [0.5, 0.6) is 5.75 Å². The Bertz CT molecular complexity index is 749. The topological polar surface area (TPSA) is 9.23 Å². The highest BCUT2D eigenvalue weighted by Gasteiger charge is 2.39. The first kappa shape index (κ1) is 25.8. The van der Waals surface area contributed by atoms with Crippen molar-refractivity contribution in [1.82, 2.24) is 0 Å². The number of hydrogen-bond acceptors (Lipinski definition) is 1. The van der Waals surface area contributed by atoms with Crippen LogP contribution < -0.4 is 4.74 Å². The van der Waals surface area contributed by atoms with Crippen molar-refractivity contribution in [2.24, 2.45) is 29.6 Å². The largest absolute Gasteiger partial charge is 0.493 e. The quantitative estimate of drug-likeness (QED) is 0.232. The van der Waals surface area contributed by atoms with Gasteiger partial charge in [-0.3, -0.25) is 0 Å². The van der Waals surface area contributed by atoms with Crippen LogP contribution in [0.3, 0.4) is 0 Å². The molecule has 0 N–H and O–H groups in total. The summed E-state index contributed by atoms with van der Waals surface area (Å²) in [5.41, 5.74) is 0.925.